The Morgan fingerprint density at radius 3 is 2.35 bits per heavy atom. The minimum Gasteiger partial charge on any atom is -0.449 e. The van der Waals surface area contributed by atoms with Crippen molar-refractivity contribution in [1.29, 1.82) is 0 Å². The third-order valence-corrected chi connectivity index (χ3v) is 2.91. The number of hydrogen-bond donors (Lipinski definition) is 1. The van der Waals surface area contributed by atoms with Crippen molar-refractivity contribution >= 4 is 11.8 Å². The Labute approximate surface area is 103 Å². The number of anilines is 1. The van der Waals surface area contributed by atoms with Crippen LogP contribution in [0.15, 0.2) is 24.3 Å². The molecular weight excluding hydrogens is 214 g/mol. The molecule has 0 saturated carbocycles. The standard InChI is InChI=1S/C14H21NO2/c1-10(2)12(4)9-17-14(16)15-13-7-5-11(3)6-8-13/h5-8,10,12H,9H2,1-4H3,(H,15,16)/t12-/m1/s1. The molecular formula is C14H21NO2. The average molecular weight is 235 g/mol. The van der Waals surface area contributed by atoms with Gasteiger partial charge in [-0.2, -0.15) is 0 Å². The van der Waals surface area contributed by atoms with Gasteiger partial charge in [0.15, 0.2) is 0 Å². The maximum Gasteiger partial charge on any atom is 0.411 e. The van der Waals surface area contributed by atoms with Gasteiger partial charge in [-0.05, 0) is 30.9 Å². The van der Waals surface area contributed by atoms with Crippen LogP contribution in [-0.4, -0.2) is 12.7 Å². The fourth-order valence-corrected chi connectivity index (χ4v) is 1.19. The first-order chi connectivity index (χ1) is 7.99. The lowest BCUT2D eigenvalue weighted by Gasteiger charge is -2.15. The molecule has 94 valence electrons. The van der Waals surface area contributed by atoms with Crippen molar-refractivity contribution in [1.82, 2.24) is 0 Å². The highest BCUT2D eigenvalue weighted by Gasteiger charge is 2.10. The molecule has 1 atom stereocenters. The summed E-state index contributed by atoms with van der Waals surface area (Å²) in [7, 11) is 0. The van der Waals surface area contributed by atoms with Crippen molar-refractivity contribution < 1.29 is 9.53 Å². The normalized spacial score (nSPS) is 12.3. The summed E-state index contributed by atoms with van der Waals surface area (Å²) < 4.78 is 5.15. The Kier molecular flexibility index (Phi) is 5.01. The van der Waals surface area contributed by atoms with E-state index >= 15 is 0 Å². The summed E-state index contributed by atoms with van der Waals surface area (Å²) in [6.07, 6.45) is -0.388. The lowest BCUT2D eigenvalue weighted by molar-refractivity contribution is 0.133. The predicted molar refractivity (Wildman–Crippen MR) is 70.2 cm³/mol. The van der Waals surface area contributed by atoms with E-state index in [4.69, 9.17) is 4.74 Å². The monoisotopic (exact) mass is 235 g/mol. The minimum absolute atomic E-state index is 0.374. The molecule has 0 aliphatic carbocycles. The zero-order valence-electron chi connectivity index (χ0n) is 11.0. The van der Waals surface area contributed by atoms with Crippen LogP contribution in [0.3, 0.4) is 0 Å². The van der Waals surface area contributed by atoms with Gasteiger partial charge in [0, 0.05) is 5.69 Å². The van der Waals surface area contributed by atoms with Gasteiger partial charge in [0.2, 0.25) is 0 Å². The van der Waals surface area contributed by atoms with Gasteiger partial charge >= 0.3 is 6.09 Å². The van der Waals surface area contributed by atoms with Crippen molar-refractivity contribution in [2.24, 2.45) is 11.8 Å². The topological polar surface area (TPSA) is 38.3 Å². The molecule has 0 aromatic heterocycles. The van der Waals surface area contributed by atoms with Gasteiger partial charge in [-0.15, -0.1) is 0 Å². The molecule has 0 aliphatic heterocycles. The molecule has 1 aromatic rings. The third-order valence-electron chi connectivity index (χ3n) is 2.91. The summed E-state index contributed by atoms with van der Waals surface area (Å²) >= 11 is 0. The van der Waals surface area contributed by atoms with Gasteiger partial charge in [0.1, 0.15) is 0 Å². The summed E-state index contributed by atoms with van der Waals surface area (Å²) in [5.41, 5.74) is 1.93. The van der Waals surface area contributed by atoms with Crippen LogP contribution >= 0.6 is 0 Å². The van der Waals surface area contributed by atoms with E-state index in [1.54, 1.807) is 0 Å². The van der Waals surface area contributed by atoms with Crippen LogP contribution in [0.25, 0.3) is 0 Å². The van der Waals surface area contributed by atoms with Crippen LogP contribution in [0.5, 0.6) is 0 Å². The Hall–Kier alpha value is -1.51. The molecule has 1 rings (SSSR count). The highest BCUT2D eigenvalue weighted by atomic mass is 16.5. The predicted octanol–water partition coefficient (Wildman–Crippen LogP) is 3.84. The minimum atomic E-state index is -0.388. The number of hydrogen-bond acceptors (Lipinski definition) is 2. The molecule has 1 amide bonds. The summed E-state index contributed by atoms with van der Waals surface area (Å²) in [6.45, 7) is 8.77. The zero-order valence-corrected chi connectivity index (χ0v) is 11.0. The lowest BCUT2D eigenvalue weighted by Crippen LogP contribution is -2.19. The second-order valence-electron chi connectivity index (χ2n) is 4.81. The van der Waals surface area contributed by atoms with Gasteiger partial charge in [-0.1, -0.05) is 38.5 Å². The second-order valence-corrected chi connectivity index (χ2v) is 4.81. The van der Waals surface area contributed by atoms with E-state index in [2.05, 4.69) is 26.1 Å². The van der Waals surface area contributed by atoms with E-state index < -0.39 is 0 Å². The Balaban J connectivity index is 2.37. The summed E-state index contributed by atoms with van der Waals surface area (Å²) in [5.74, 6) is 0.890. The molecule has 3 nitrogen and oxygen atoms in total. The first-order valence-corrected chi connectivity index (χ1v) is 5.99. The molecule has 0 bridgehead atoms. The first kappa shape index (κ1) is 13.6. The first-order valence-electron chi connectivity index (χ1n) is 5.99. The molecule has 0 unspecified atom stereocenters. The number of aryl methyl sites for hydroxylation is 1. The van der Waals surface area contributed by atoms with E-state index in [-0.39, 0.29) is 6.09 Å². The SMILES string of the molecule is Cc1ccc(NC(=O)OC[C@@H](C)C(C)C)cc1. The molecule has 0 heterocycles. The molecule has 17 heavy (non-hydrogen) atoms. The molecule has 0 radical (unpaired) electrons. The Morgan fingerprint density at radius 1 is 1.24 bits per heavy atom. The number of nitrogens with one attached hydrogen (secondary N) is 1. The van der Waals surface area contributed by atoms with Crippen molar-refractivity contribution in [2.45, 2.75) is 27.7 Å². The van der Waals surface area contributed by atoms with Crippen LogP contribution in [0.1, 0.15) is 26.3 Å². The highest BCUT2D eigenvalue weighted by molar-refractivity contribution is 5.84. The van der Waals surface area contributed by atoms with Gasteiger partial charge in [0.25, 0.3) is 0 Å². The van der Waals surface area contributed by atoms with Gasteiger partial charge in [-0.3, -0.25) is 5.32 Å². The maximum absolute atomic E-state index is 11.5. The van der Waals surface area contributed by atoms with Gasteiger partial charge in [-0.25, -0.2) is 4.79 Å². The maximum atomic E-state index is 11.5. The zero-order chi connectivity index (χ0) is 12.8. The summed E-state index contributed by atoms with van der Waals surface area (Å²) in [4.78, 5) is 11.5. The van der Waals surface area contributed by atoms with Crippen molar-refractivity contribution in [2.75, 3.05) is 11.9 Å². The smallest absolute Gasteiger partial charge is 0.411 e. The molecule has 0 spiro atoms. The van der Waals surface area contributed by atoms with E-state index in [0.29, 0.717) is 18.4 Å². The fraction of sp³-hybridized carbons (Fsp3) is 0.500. The lowest BCUT2D eigenvalue weighted by atomic mass is 10.00. The van der Waals surface area contributed by atoms with Crippen LogP contribution in [0.2, 0.25) is 0 Å². The molecule has 0 aliphatic rings. The van der Waals surface area contributed by atoms with E-state index in [9.17, 15) is 4.79 Å². The van der Waals surface area contributed by atoms with Crippen molar-refractivity contribution in [3.63, 3.8) is 0 Å². The number of ether oxygens (including phenoxy) is 1. The van der Waals surface area contributed by atoms with Gasteiger partial charge < -0.3 is 4.74 Å². The van der Waals surface area contributed by atoms with E-state index in [1.165, 1.54) is 0 Å². The average Bonchev–Trinajstić information content (AvgIpc) is 2.29. The van der Waals surface area contributed by atoms with E-state index in [0.717, 1.165) is 11.3 Å². The van der Waals surface area contributed by atoms with Crippen LogP contribution in [0, 0.1) is 18.8 Å². The third kappa shape index (κ3) is 4.89. The molecule has 0 saturated heterocycles. The largest absolute Gasteiger partial charge is 0.449 e. The number of carbonyl (C=O) groups is 1. The highest BCUT2D eigenvalue weighted by Crippen LogP contribution is 2.11. The number of amides is 1. The quantitative estimate of drug-likeness (QED) is 0.861. The summed E-state index contributed by atoms with van der Waals surface area (Å²) in [6, 6.07) is 7.63. The molecule has 3 heteroatoms. The second kappa shape index (κ2) is 6.28. The Bertz CT molecular complexity index is 357. The summed E-state index contributed by atoms with van der Waals surface area (Å²) in [5, 5.41) is 2.70. The van der Waals surface area contributed by atoms with Gasteiger partial charge in [0.05, 0.1) is 6.61 Å². The fourth-order valence-electron chi connectivity index (χ4n) is 1.19. The molecule has 0 fully saturated rings. The van der Waals surface area contributed by atoms with Crippen LogP contribution < -0.4 is 5.32 Å². The van der Waals surface area contributed by atoms with E-state index in [1.807, 2.05) is 31.2 Å². The number of carbonyl (C=O) groups excluding carboxylic acids is 1. The molecule has 1 N–H and O–H groups in total. The molecule has 1 aromatic carbocycles. The Morgan fingerprint density at radius 2 is 1.82 bits per heavy atom. The number of benzene rings is 1. The van der Waals surface area contributed by atoms with Crippen LogP contribution in [0.4, 0.5) is 10.5 Å². The number of rotatable bonds is 4. The van der Waals surface area contributed by atoms with Crippen LogP contribution in [-0.2, 0) is 4.74 Å². The van der Waals surface area contributed by atoms with Crippen molar-refractivity contribution in [3.05, 3.63) is 29.8 Å². The van der Waals surface area contributed by atoms with Crippen molar-refractivity contribution in [3.8, 4) is 0 Å².